The van der Waals surface area contributed by atoms with Crippen LogP contribution in [0.5, 0.6) is 11.5 Å². The van der Waals surface area contributed by atoms with Gasteiger partial charge in [0.05, 0.1) is 16.6 Å². The molecule has 3 aliphatic rings. The van der Waals surface area contributed by atoms with E-state index in [2.05, 4.69) is 33.0 Å². The first-order valence-corrected chi connectivity index (χ1v) is 14.3. The minimum absolute atomic E-state index is 0.00300. The normalized spacial score (nSPS) is 19.9. The van der Waals surface area contributed by atoms with Crippen LogP contribution < -0.4 is 14.8 Å². The molecule has 8 nitrogen and oxygen atoms in total. The Kier molecular flexibility index (Phi) is 7.49. The molecule has 0 spiro atoms. The highest BCUT2D eigenvalue weighted by molar-refractivity contribution is 6.32. The van der Waals surface area contributed by atoms with Gasteiger partial charge in [0.1, 0.15) is 6.61 Å². The van der Waals surface area contributed by atoms with Gasteiger partial charge in [0.15, 0.2) is 23.1 Å². The molecule has 1 aliphatic heterocycles. The highest BCUT2D eigenvalue weighted by Gasteiger charge is 2.46. The summed E-state index contributed by atoms with van der Waals surface area (Å²) in [4.78, 5) is 37.9. The summed E-state index contributed by atoms with van der Waals surface area (Å²) in [6, 6.07) is 9.69. The fraction of sp³-hybridized carbons (Fsp3) is 0.438. The van der Waals surface area contributed by atoms with E-state index in [4.69, 9.17) is 21.1 Å². The molecule has 9 heteroatoms. The number of halogens is 1. The van der Waals surface area contributed by atoms with E-state index in [0.29, 0.717) is 65.5 Å². The second-order valence-electron chi connectivity index (χ2n) is 12.7. The summed E-state index contributed by atoms with van der Waals surface area (Å²) < 4.78 is 12.0. The number of nitro groups is 1. The molecular formula is C32H35ClN2O6. The molecule has 0 amide bonds. The first-order chi connectivity index (χ1) is 19.3. The Hall–Kier alpha value is -3.65. The second kappa shape index (κ2) is 10.6. The van der Waals surface area contributed by atoms with Crippen molar-refractivity contribution in [1.29, 1.82) is 0 Å². The maximum Gasteiger partial charge on any atom is 0.269 e. The molecule has 0 unspecified atom stereocenters. The van der Waals surface area contributed by atoms with Gasteiger partial charge in [0, 0.05) is 53.4 Å². The molecule has 0 atom stereocenters. The van der Waals surface area contributed by atoms with Crippen LogP contribution in [0.25, 0.3) is 0 Å². The lowest BCUT2D eigenvalue weighted by molar-refractivity contribution is -0.384. The predicted molar refractivity (Wildman–Crippen MR) is 156 cm³/mol. The van der Waals surface area contributed by atoms with E-state index in [9.17, 15) is 19.7 Å². The number of carbonyl (C=O) groups excluding carboxylic acids is 2. The molecule has 0 fully saturated rings. The molecule has 0 saturated heterocycles. The van der Waals surface area contributed by atoms with Gasteiger partial charge in [-0.05, 0) is 66.0 Å². The number of non-ortho nitro benzene ring substituents is 1. The number of carbonyl (C=O) groups is 2. The summed E-state index contributed by atoms with van der Waals surface area (Å²) in [5.41, 5.74) is 4.09. The van der Waals surface area contributed by atoms with Gasteiger partial charge in [-0.3, -0.25) is 19.7 Å². The lowest BCUT2D eigenvalue weighted by atomic mass is 9.64. The van der Waals surface area contributed by atoms with Crippen LogP contribution in [0.2, 0.25) is 5.02 Å². The smallest absolute Gasteiger partial charge is 0.269 e. The number of nitrogens with zero attached hydrogens (tertiary/aromatic N) is 1. The van der Waals surface area contributed by atoms with Gasteiger partial charge in [0.25, 0.3) is 5.69 Å². The molecule has 2 aliphatic carbocycles. The van der Waals surface area contributed by atoms with Gasteiger partial charge in [-0.15, -0.1) is 0 Å². The van der Waals surface area contributed by atoms with E-state index in [1.165, 1.54) is 12.1 Å². The Labute approximate surface area is 244 Å². The summed E-state index contributed by atoms with van der Waals surface area (Å²) in [6.07, 6.45) is 2.21. The van der Waals surface area contributed by atoms with Crippen LogP contribution in [0.15, 0.2) is 58.9 Å². The molecule has 0 saturated carbocycles. The minimum atomic E-state index is -0.547. The van der Waals surface area contributed by atoms with Gasteiger partial charge in [-0.25, -0.2) is 0 Å². The largest absolute Gasteiger partial charge is 0.490 e. The van der Waals surface area contributed by atoms with E-state index in [-0.39, 0.29) is 34.7 Å². The molecule has 1 heterocycles. The van der Waals surface area contributed by atoms with Crippen LogP contribution in [0.3, 0.4) is 0 Å². The molecule has 41 heavy (non-hydrogen) atoms. The molecule has 1 N–H and O–H groups in total. The quantitative estimate of drug-likeness (QED) is 0.273. The fourth-order valence-corrected chi connectivity index (χ4v) is 6.52. The lowest BCUT2D eigenvalue weighted by Gasteiger charge is -2.44. The average Bonchev–Trinajstić information content (AvgIpc) is 2.85. The van der Waals surface area contributed by atoms with Crippen LogP contribution in [-0.2, 0) is 16.2 Å². The summed E-state index contributed by atoms with van der Waals surface area (Å²) in [7, 11) is 0. The number of nitro benzene ring substituents is 1. The first kappa shape index (κ1) is 28.9. The molecule has 2 aromatic carbocycles. The standard InChI is InChI=1S/C32H35ClN2O6/c1-6-40-26-12-19(11-21(33)30(26)41-17-18-7-9-20(10-8-18)35(38)39)27-28-22(13-31(2,3)15-24(28)36)34-23-14-32(4,5)16-25(37)29(23)27/h7-12,27,34H,6,13-17H2,1-5H3. The Bertz CT molecular complexity index is 1450. The molecule has 2 aromatic rings. The van der Waals surface area contributed by atoms with E-state index in [0.717, 1.165) is 17.0 Å². The zero-order valence-electron chi connectivity index (χ0n) is 24.1. The number of allylic oxidation sites excluding steroid dienone is 4. The van der Waals surface area contributed by atoms with Crippen molar-refractivity contribution in [2.24, 2.45) is 10.8 Å². The fourth-order valence-electron chi connectivity index (χ4n) is 6.25. The summed E-state index contributed by atoms with van der Waals surface area (Å²) in [5.74, 6) is 0.261. The number of ether oxygens (including phenoxy) is 2. The average molecular weight is 579 g/mol. The van der Waals surface area contributed by atoms with E-state index in [1.54, 1.807) is 18.2 Å². The number of benzene rings is 2. The molecule has 0 aromatic heterocycles. The number of Topliss-reactive ketones (excluding diaryl/α,β-unsaturated/α-hetero) is 2. The van der Waals surface area contributed by atoms with Crippen molar-refractivity contribution in [1.82, 2.24) is 5.32 Å². The number of nitrogens with one attached hydrogen (secondary N) is 1. The number of ketones is 2. The Morgan fingerprint density at radius 3 is 2.00 bits per heavy atom. The zero-order valence-corrected chi connectivity index (χ0v) is 24.8. The monoisotopic (exact) mass is 578 g/mol. The maximum atomic E-state index is 13.7. The van der Waals surface area contributed by atoms with Crippen LogP contribution in [0.1, 0.15) is 77.3 Å². The Morgan fingerprint density at radius 2 is 1.49 bits per heavy atom. The van der Waals surface area contributed by atoms with Gasteiger partial charge >= 0.3 is 0 Å². The third kappa shape index (κ3) is 5.75. The minimum Gasteiger partial charge on any atom is -0.490 e. The number of hydrogen-bond acceptors (Lipinski definition) is 7. The molecular weight excluding hydrogens is 544 g/mol. The van der Waals surface area contributed by atoms with Gasteiger partial charge in [0.2, 0.25) is 0 Å². The molecule has 216 valence electrons. The van der Waals surface area contributed by atoms with Crippen molar-refractivity contribution >= 4 is 28.9 Å². The second-order valence-corrected chi connectivity index (χ2v) is 13.1. The third-order valence-corrected chi connectivity index (χ3v) is 8.20. The molecule has 0 bridgehead atoms. The predicted octanol–water partition coefficient (Wildman–Crippen LogP) is 7.20. The SMILES string of the molecule is CCOc1cc(C2C3=C(CC(C)(C)CC3=O)NC3=C2C(=O)CC(C)(C)C3)cc(Cl)c1OCc1ccc([N+](=O)[O-])cc1. The van der Waals surface area contributed by atoms with Crippen LogP contribution in [0.4, 0.5) is 5.69 Å². The highest BCUT2D eigenvalue weighted by Crippen LogP contribution is 2.52. The first-order valence-electron chi connectivity index (χ1n) is 13.9. The third-order valence-electron chi connectivity index (χ3n) is 7.91. The van der Waals surface area contributed by atoms with Gasteiger partial charge in [-0.1, -0.05) is 39.3 Å². The number of dihydropyridines is 1. The topological polar surface area (TPSA) is 108 Å². The van der Waals surface area contributed by atoms with Crippen molar-refractivity contribution in [3.05, 3.63) is 85.2 Å². The van der Waals surface area contributed by atoms with Gasteiger partial charge in [-0.2, -0.15) is 0 Å². The van der Waals surface area contributed by atoms with Gasteiger partial charge < -0.3 is 14.8 Å². The van der Waals surface area contributed by atoms with E-state index >= 15 is 0 Å². The zero-order chi connectivity index (χ0) is 29.7. The molecule has 0 radical (unpaired) electrons. The summed E-state index contributed by atoms with van der Waals surface area (Å²) in [5, 5.41) is 14.8. The van der Waals surface area contributed by atoms with Crippen molar-refractivity contribution in [2.45, 2.75) is 72.8 Å². The maximum absolute atomic E-state index is 13.7. The van der Waals surface area contributed by atoms with E-state index in [1.807, 2.05) is 13.0 Å². The van der Waals surface area contributed by atoms with E-state index < -0.39 is 10.8 Å². The summed E-state index contributed by atoms with van der Waals surface area (Å²) in [6.45, 7) is 10.7. The van der Waals surface area contributed by atoms with Crippen LogP contribution in [-0.4, -0.2) is 23.1 Å². The van der Waals surface area contributed by atoms with Crippen molar-refractivity contribution in [3.63, 3.8) is 0 Å². The highest BCUT2D eigenvalue weighted by atomic mass is 35.5. The molecule has 5 rings (SSSR count). The number of rotatable bonds is 7. The van der Waals surface area contributed by atoms with Crippen molar-refractivity contribution in [2.75, 3.05) is 6.61 Å². The Balaban J connectivity index is 1.57. The van der Waals surface area contributed by atoms with Crippen molar-refractivity contribution < 1.29 is 24.0 Å². The number of hydrogen-bond donors (Lipinski definition) is 1. The van der Waals surface area contributed by atoms with Crippen molar-refractivity contribution in [3.8, 4) is 11.5 Å². The van der Waals surface area contributed by atoms with Crippen LogP contribution in [0, 0.1) is 20.9 Å². The summed E-state index contributed by atoms with van der Waals surface area (Å²) >= 11 is 6.82. The lowest BCUT2D eigenvalue weighted by Crippen LogP contribution is -2.42. The Morgan fingerprint density at radius 1 is 0.927 bits per heavy atom. The van der Waals surface area contributed by atoms with Crippen LogP contribution >= 0.6 is 11.6 Å².